The predicted octanol–water partition coefficient (Wildman–Crippen LogP) is 3.06. The van der Waals surface area contributed by atoms with E-state index in [2.05, 4.69) is 15.3 Å². The second-order valence-corrected chi connectivity index (χ2v) is 5.63. The first kappa shape index (κ1) is 15.6. The summed E-state index contributed by atoms with van der Waals surface area (Å²) in [6.45, 7) is 1.77. The third kappa shape index (κ3) is 2.83. The van der Waals surface area contributed by atoms with Crippen molar-refractivity contribution in [2.45, 2.75) is 13.5 Å². The Morgan fingerprint density at radius 1 is 1.39 bits per heavy atom. The molecule has 0 aliphatic carbocycles. The number of halogens is 2. The molecule has 8 heteroatoms. The normalized spacial score (nSPS) is 10.9. The van der Waals surface area contributed by atoms with E-state index in [1.807, 2.05) is 0 Å². The Kier molecular flexibility index (Phi) is 4.11. The zero-order chi connectivity index (χ0) is 16.6. The maximum absolute atomic E-state index is 12.4. The standard InChI is InChI=1S/C15H11Cl2N3O3/c1-7-10(11-14(22)19-6-20-15(11)23-7)13(21)18-5-8-3-2-4-9(16)12(8)17/h2-4,6H,5H2,1H3,(H,18,21)(H,19,20,22). The molecule has 1 aromatic carbocycles. The lowest BCUT2D eigenvalue weighted by Gasteiger charge is -2.07. The van der Waals surface area contributed by atoms with Crippen molar-refractivity contribution in [3.63, 3.8) is 0 Å². The minimum Gasteiger partial charge on any atom is -0.442 e. The van der Waals surface area contributed by atoms with E-state index < -0.39 is 11.5 Å². The number of aryl methyl sites for hydroxylation is 1. The fourth-order valence-corrected chi connectivity index (χ4v) is 2.66. The molecule has 0 radical (unpaired) electrons. The Bertz CT molecular complexity index is 962. The molecule has 0 atom stereocenters. The second kappa shape index (κ2) is 6.06. The molecule has 3 rings (SSSR count). The van der Waals surface area contributed by atoms with Crippen LogP contribution in [0.5, 0.6) is 0 Å². The van der Waals surface area contributed by atoms with Crippen molar-refractivity contribution >= 4 is 40.2 Å². The van der Waals surface area contributed by atoms with Crippen LogP contribution < -0.4 is 10.9 Å². The third-order valence-electron chi connectivity index (χ3n) is 3.37. The van der Waals surface area contributed by atoms with Crippen LogP contribution in [0.15, 0.2) is 33.7 Å². The molecule has 0 aliphatic heterocycles. The van der Waals surface area contributed by atoms with Crippen molar-refractivity contribution in [1.29, 1.82) is 0 Å². The number of benzene rings is 1. The fraction of sp³-hybridized carbons (Fsp3) is 0.133. The van der Waals surface area contributed by atoms with Gasteiger partial charge in [-0.1, -0.05) is 35.3 Å². The predicted molar refractivity (Wildman–Crippen MR) is 87.0 cm³/mol. The van der Waals surface area contributed by atoms with Crippen LogP contribution >= 0.6 is 23.2 Å². The molecule has 0 bridgehead atoms. The molecule has 3 aromatic rings. The first-order valence-corrected chi connectivity index (χ1v) is 7.42. The Labute approximate surface area is 140 Å². The SMILES string of the molecule is Cc1oc2nc[nH]c(=O)c2c1C(=O)NCc1cccc(Cl)c1Cl. The van der Waals surface area contributed by atoms with Gasteiger partial charge in [0.05, 0.1) is 21.9 Å². The van der Waals surface area contributed by atoms with Crippen molar-refractivity contribution in [2.24, 2.45) is 0 Å². The van der Waals surface area contributed by atoms with E-state index in [9.17, 15) is 9.59 Å². The van der Waals surface area contributed by atoms with Gasteiger partial charge in [-0.3, -0.25) is 9.59 Å². The topological polar surface area (TPSA) is 88.0 Å². The van der Waals surface area contributed by atoms with Gasteiger partial charge >= 0.3 is 0 Å². The Morgan fingerprint density at radius 2 is 2.17 bits per heavy atom. The van der Waals surface area contributed by atoms with Crippen LogP contribution in [0, 0.1) is 6.92 Å². The van der Waals surface area contributed by atoms with E-state index in [1.54, 1.807) is 25.1 Å². The van der Waals surface area contributed by atoms with E-state index in [0.717, 1.165) is 0 Å². The van der Waals surface area contributed by atoms with Crippen LogP contribution in [0.1, 0.15) is 21.7 Å². The average molecular weight is 352 g/mol. The van der Waals surface area contributed by atoms with Crippen molar-refractivity contribution in [1.82, 2.24) is 15.3 Å². The van der Waals surface area contributed by atoms with E-state index in [-0.39, 0.29) is 23.2 Å². The molecule has 23 heavy (non-hydrogen) atoms. The number of carbonyl (C=O) groups excluding carboxylic acids is 1. The summed E-state index contributed by atoms with van der Waals surface area (Å²) in [6.07, 6.45) is 1.22. The summed E-state index contributed by atoms with van der Waals surface area (Å²) in [5, 5.41) is 3.62. The average Bonchev–Trinajstić information content (AvgIpc) is 2.86. The molecular weight excluding hydrogens is 341 g/mol. The van der Waals surface area contributed by atoms with E-state index >= 15 is 0 Å². The van der Waals surface area contributed by atoms with Crippen LogP contribution in [0.3, 0.4) is 0 Å². The minimum absolute atomic E-state index is 0.122. The van der Waals surface area contributed by atoms with Gasteiger partial charge < -0.3 is 14.7 Å². The molecule has 0 saturated heterocycles. The monoisotopic (exact) mass is 351 g/mol. The minimum atomic E-state index is -0.448. The molecule has 1 amide bonds. The smallest absolute Gasteiger partial charge is 0.262 e. The first-order chi connectivity index (χ1) is 11.0. The molecule has 0 spiro atoms. The number of aromatic nitrogens is 2. The van der Waals surface area contributed by atoms with Gasteiger partial charge in [0, 0.05) is 6.54 Å². The number of amides is 1. The fourth-order valence-electron chi connectivity index (χ4n) is 2.28. The number of nitrogens with zero attached hydrogens (tertiary/aromatic N) is 1. The maximum atomic E-state index is 12.4. The molecule has 0 aliphatic rings. The van der Waals surface area contributed by atoms with Crippen LogP contribution in [-0.4, -0.2) is 15.9 Å². The number of carbonyl (C=O) groups is 1. The lowest BCUT2D eigenvalue weighted by atomic mass is 10.1. The van der Waals surface area contributed by atoms with Gasteiger partial charge in [0.1, 0.15) is 11.1 Å². The van der Waals surface area contributed by atoms with Gasteiger partial charge in [0.2, 0.25) is 5.71 Å². The second-order valence-electron chi connectivity index (χ2n) is 4.84. The third-order valence-corrected chi connectivity index (χ3v) is 4.23. The van der Waals surface area contributed by atoms with Crippen LogP contribution in [0.25, 0.3) is 11.1 Å². The van der Waals surface area contributed by atoms with E-state index in [4.69, 9.17) is 27.6 Å². The highest BCUT2D eigenvalue weighted by atomic mass is 35.5. The molecule has 2 aromatic heterocycles. The largest absolute Gasteiger partial charge is 0.442 e. The van der Waals surface area contributed by atoms with E-state index in [0.29, 0.717) is 21.4 Å². The summed E-state index contributed by atoms with van der Waals surface area (Å²) in [7, 11) is 0. The van der Waals surface area contributed by atoms with Gasteiger partial charge in [-0.05, 0) is 18.6 Å². The van der Waals surface area contributed by atoms with Crippen molar-refractivity contribution in [2.75, 3.05) is 0 Å². The summed E-state index contributed by atoms with van der Waals surface area (Å²) in [6, 6.07) is 5.15. The van der Waals surface area contributed by atoms with Gasteiger partial charge in [0.25, 0.3) is 11.5 Å². The summed E-state index contributed by atoms with van der Waals surface area (Å²) in [5.74, 6) is -0.130. The van der Waals surface area contributed by atoms with Crippen LogP contribution in [0.4, 0.5) is 0 Å². The van der Waals surface area contributed by atoms with Gasteiger partial charge in [-0.25, -0.2) is 4.98 Å². The van der Waals surface area contributed by atoms with Crippen molar-refractivity contribution in [3.8, 4) is 0 Å². The maximum Gasteiger partial charge on any atom is 0.262 e. The Morgan fingerprint density at radius 3 is 2.96 bits per heavy atom. The van der Waals surface area contributed by atoms with Crippen molar-refractivity contribution < 1.29 is 9.21 Å². The Hall–Kier alpha value is -2.31. The van der Waals surface area contributed by atoms with Crippen molar-refractivity contribution in [3.05, 3.63) is 61.8 Å². The lowest BCUT2D eigenvalue weighted by Crippen LogP contribution is -2.24. The summed E-state index contributed by atoms with van der Waals surface area (Å²) in [4.78, 5) is 30.7. The summed E-state index contributed by atoms with van der Waals surface area (Å²) >= 11 is 12.0. The summed E-state index contributed by atoms with van der Waals surface area (Å²) < 4.78 is 5.36. The lowest BCUT2D eigenvalue weighted by molar-refractivity contribution is 0.0951. The van der Waals surface area contributed by atoms with Gasteiger partial charge in [-0.2, -0.15) is 0 Å². The quantitative estimate of drug-likeness (QED) is 0.758. The number of nitrogens with one attached hydrogen (secondary N) is 2. The molecule has 2 N–H and O–H groups in total. The van der Waals surface area contributed by atoms with Crippen LogP contribution in [0.2, 0.25) is 10.0 Å². The summed E-state index contributed by atoms with van der Waals surface area (Å²) in [5.41, 5.74) is 0.521. The number of hydrogen-bond acceptors (Lipinski definition) is 4. The van der Waals surface area contributed by atoms with Gasteiger partial charge in [-0.15, -0.1) is 0 Å². The molecule has 118 valence electrons. The molecule has 0 saturated carbocycles. The Balaban J connectivity index is 1.91. The highest BCUT2D eigenvalue weighted by Crippen LogP contribution is 2.26. The number of hydrogen-bond donors (Lipinski definition) is 2. The van der Waals surface area contributed by atoms with Gasteiger partial charge in [0.15, 0.2) is 0 Å². The molecule has 6 nitrogen and oxygen atoms in total. The number of rotatable bonds is 3. The molecule has 0 fully saturated rings. The highest BCUT2D eigenvalue weighted by Gasteiger charge is 2.21. The zero-order valence-corrected chi connectivity index (χ0v) is 13.5. The molecular formula is C15H11Cl2N3O3. The van der Waals surface area contributed by atoms with E-state index in [1.165, 1.54) is 6.33 Å². The first-order valence-electron chi connectivity index (χ1n) is 6.67. The number of H-pyrrole nitrogens is 1. The highest BCUT2D eigenvalue weighted by molar-refractivity contribution is 6.42. The zero-order valence-electron chi connectivity index (χ0n) is 11.9. The number of furan rings is 1. The molecule has 2 heterocycles. The van der Waals surface area contributed by atoms with Crippen LogP contribution in [-0.2, 0) is 6.54 Å². The number of aromatic amines is 1. The molecule has 0 unspecified atom stereocenters. The number of fused-ring (bicyclic) bond motifs is 1.